The number of amides is 1. The molecule has 2 saturated carbocycles. The zero-order valence-corrected chi connectivity index (χ0v) is 24.9. The maximum atomic E-state index is 12.1. The van der Waals surface area contributed by atoms with Gasteiger partial charge >= 0.3 is 0 Å². The van der Waals surface area contributed by atoms with E-state index in [0.717, 1.165) is 55.9 Å². The molecule has 2 fully saturated rings. The van der Waals surface area contributed by atoms with Gasteiger partial charge in [0.25, 0.3) is 0 Å². The molecule has 40 heavy (non-hydrogen) atoms. The van der Waals surface area contributed by atoms with Gasteiger partial charge in [0.2, 0.25) is 5.91 Å². The molecule has 2 heterocycles. The van der Waals surface area contributed by atoms with Crippen LogP contribution in [0.15, 0.2) is 77.9 Å². The van der Waals surface area contributed by atoms with E-state index in [4.69, 9.17) is 0 Å². The fourth-order valence-electron chi connectivity index (χ4n) is 6.45. The molecule has 2 bridgehead atoms. The van der Waals surface area contributed by atoms with Crippen molar-refractivity contribution in [3.05, 3.63) is 94.6 Å². The van der Waals surface area contributed by atoms with Crippen molar-refractivity contribution in [2.75, 3.05) is 0 Å². The molecular weight excluding hydrogens is 564 g/mol. The lowest BCUT2D eigenvalue weighted by Gasteiger charge is -2.20. The van der Waals surface area contributed by atoms with E-state index in [1.165, 1.54) is 19.3 Å². The fourth-order valence-corrected chi connectivity index (χ4v) is 6.81. The molecule has 4 atom stereocenters. The van der Waals surface area contributed by atoms with E-state index in [1.807, 2.05) is 51.1 Å². The minimum atomic E-state index is -0.982. The van der Waals surface area contributed by atoms with Crippen LogP contribution in [0.25, 0.3) is 22.4 Å². The normalized spacial score (nSPS) is 23.3. The first-order valence-corrected chi connectivity index (χ1v) is 15.0. The Bertz CT molecular complexity index is 1450. The third kappa shape index (κ3) is 5.63. The zero-order valence-electron chi connectivity index (χ0n) is 23.3. The van der Waals surface area contributed by atoms with E-state index in [0.29, 0.717) is 12.5 Å². The van der Waals surface area contributed by atoms with E-state index < -0.39 is 5.60 Å². The Labute approximate surface area is 244 Å². The average molecular weight is 602 g/mol. The molecule has 4 unspecified atom stereocenters. The number of imidazole rings is 1. The molecular formula is C33H37BrN4O2. The van der Waals surface area contributed by atoms with Crippen LogP contribution in [-0.2, 0) is 16.9 Å². The number of halogens is 1. The Morgan fingerprint density at radius 2 is 1.82 bits per heavy atom. The fraction of sp³-hybridized carbons (Fsp3) is 0.364. The molecule has 6 nitrogen and oxygen atoms in total. The minimum Gasteiger partial charge on any atom is -0.381 e. The molecule has 2 aromatic carbocycles. The van der Waals surface area contributed by atoms with Crippen molar-refractivity contribution in [1.82, 2.24) is 20.3 Å². The van der Waals surface area contributed by atoms with E-state index in [-0.39, 0.29) is 11.8 Å². The summed E-state index contributed by atoms with van der Waals surface area (Å²) in [6.07, 6.45) is 12.0. The Kier molecular flexibility index (Phi) is 8.52. The summed E-state index contributed by atoms with van der Waals surface area (Å²) in [5.41, 5.74) is 6.12. The molecule has 0 aliphatic heterocycles. The van der Waals surface area contributed by atoms with E-state index in [2.05, 4.69) is 54.4 Å². The first-order valence-electron chi connectivity index (χ1n) is 14.2. The maximum absolute atomic E-state index is 12.1. The minimum absolute atomic E-state index is 0.251. The first kappa shape index (κ1) is 28.2. The van der Waals surface area contributed by atoms with Gasteiger partial charge in [-0.15, -0.1) is 0 Å². The summed E-state index contributed by atoms with van der Waals surface area (Å²) in [6, 6.07) is 16.1. The zero-order chi connectivity index (χ0) is 28.3. The Balaban J connectivity index is 0.000000155. The maximum Gasteiger partial charge on any atom is 0.223 e. The standard InChI is InChI=1S/C17H13BrN2O.C14H18N2O.C2H6/c1-17(21)14-6-10(16-8-19-9-20-16)2-4-12(14)13-5-3-11(18)7-15(13)17;17-14(13-7-10-3-4-12(13)6-10)16-9-11-2-1-5-15-8-11;1-2/h2-9,21H,1H3,(H,19,20);1-2,5,8,10,12-13H,3-4,6-7,9H2,(H,16,17);1-2H3. The molecule has 208 valence electrons. The van der Waals surface area contributed by atoms with Crippen LogP contribution in [0.4, 0.5) is 0 Å². The first-order chi connectivity index (χ1) is 19.4. The largest absolute Gasteiger partial charge is 0.381 e. The van der Waals surface area contributed by atoms with Gasteiger partial charge in [0.15, 0.2) is 0 Å². The number of nitrogens with one attached hydrogen (secondary N) is 2. The van der Waals surface area contributed by atoms with E-state index in [1.54, 1.807) is 24.9 Å². The SMILES string of the molecule is CC.CC1(O)c2cc(Br)ccc2-c2ccc(-c3cnc[nH]3)cc21.O=C(NCc1cccnc1)C1CC2CCC1C2. The lowest BCUT2D eigenvalue weighted by molar-refractivity contribution is -0.126. The third-order valence-corrected chi connectivity index (χ3v) is 8.91. The number of hydrogen-bond acceptors (Lipinski definition) is 4. The highest BCUT2D eigenvalue weighted by atomic mass is 79.9. The van der Waals surface area contributed by atoms with Crippen molar-refractivity contribution in [2.24, 2.45) is 17.8 Å². The predicted octanol–water partition coefficient (Wildman–Crippen LogP) is 7.24. The van der Waals surface area contributed by atoms with Gasteiger partial charge in [-0.3, -0.25) is 9.78 Å². The highest BCUT2D eigenvalue weighted by Crippen LogP contribution is 2.49. The summed E-state index contributed by atoms with van der Waals surface area (Å²) >= 11 is 3.48. The molecule has 0 saturated heterocycles. The molecule has 3 aliphatic rings. The van der Waals surface area contributed by atoms with Crippen LogP contribution in [-0.4, -0.2) is 26.0 Å². The van der Waals surface area contributed by atoms with Crippen molar-refractivity contribution < 1.29 is 9.90 Å². The van der Waals surface area contributed by atoms with Crippen LogP contribution in [0.3, 0.4) is 0 Å². The number of aliphatic hydroxyl groups is 1. The Morgan fingerprint density at radius 1 is 1.05 bits per heavy atom. The van der Waals surface area contributed by atoms with Crippen LogP contribution in [0.1, 0.15) is 63.1 Å². The van der Waals surface area contributed by atoms with Gasteiger partial charge in [-0.25, -0.2) is 4.98 Å². The number of nitrogens with zero attached hydrogens (tertiary/aromatic N) is 2. The van der Waals surface area contributed by atoms with Crippen LogP contribution in [0.5, 0.6) is 0 Å². The quantitative estimate of drug-likeness (QED) is 0.230. The second-order valence-electron chi connectivity index (χ2n) is 10.8. The number of benzene rings is 2. The Hall–Kier alpha value is -3.29. The number of carbonyl (C=O) groups excluding carboxylic acids is 1. The molecule has 0 radical (unpaired) electrons. The molecule has 7 rings (SSSR count). The molecule has 7 heteroatoms. The van der Waals surface area contributed by atoms with Crippen molar-refractivity contribution in [3.63, 3.8) is 0 Å². The van der Waals surface area contributed by atoms with E-state index >= 15 is 0 Å². The van der Waals surface area contributed by atoms with Crippen molar-refractivity contribution >= 4 is 21.8 Å². The smallest absolute Gasteiger partial charge is 0.223 e. The number of hydrogen-bond donors (Lipinski definition) is 3. The van der Waals surface area contributed by atoms with Crippen LogP contribution in [0, 0.1) is 17.8 Å². The molecule has 3 N–H and O–H groups in total. The number of aromatic amines is 1. The highest BCUT2D eigenvalue weighted by molar-refractivity contribution is 9.10. The van der Waals surface area contributed by atoms with Crippen molar-refractivity contribution in [1.29, 1.82) is 0 Å². The summed E-state index contributed by atoms with van der Waals surface area (Å²) in [4.78, 5) is 23.3. The lowest BCUT2D eigenvalue weighted by Crippen LogP contribution is -2.33. The number of rotatable bonds is 4. The summed E-state index contributed by atoms with van der Waals surface area (Å²) in [6.45, 7) is 6.46. The monoisotopic (exact) mass is 600 g/mol. The molecule has 4 aromatic rings. The summed E-state index contributed by atoms with van der Waals surface area (Å²) < 4.78 is 0.975. The summed E-state index contributed by atoms with van der Waals surface area (Å²) in [5.74, 6) is 2.02. The molecule has 0 spiro atoms. The van der Waals surface area contributed by atoms with Gasteiger partial charge in [0.05, 0.1) is 18.2 Å². The van der Waals surface area contributed by atoms with Gasteiger partial charge in [-0.2, -0.15) is 0 Å². The number of pyridine rings is 1. The average Bonchev–Trinajstić information content (AvgIpc) is 3.79. The summed E-state index contributed by atoms with van der Waals surface area (Å²) in [5, 5.41) is 14.0. The van der Waals surface area contributed by atoms with Gasteiger partial charge in [-0.05, 0) is 95.7 Å². The summed E-state index contributed by atoms with van der Waals surface area (Å²) in [7, 11) is 0. The van der Waals surface area contributed by atoms with Gasteiger partial charge in [0, 0.05) is 29.3 Å². The van der Waals surface area contributed by atoms with Crippen LogP contribution < -0.4 is 5.32 Å². The predicted molar refractivity (Wildman–Crippen MR) is 162 cm³/mol. The molecule has 1 amide bonds. The topological polar surface area (TPSA) is 90.9 Å². The number of aromatic nitrogens is 3. The van der Waals surface area contributed by atoms with Gasteiger partial charge in [0.1, 0.15) is 5.60 Å². The number of H-pyrrole nitrogens is 1. The van der Waals surface area contributed by atoms with Gasteiger partial charge in [-0.1, -0.05) is 60.5 Å². The van der Waals surface area contributed by atoms with Crippen LogP contribution >= 0.6 is 15.9 Å². The lowest BCUT2D eigenvalue weighted by atomic mass is 9.88. The highest BCUT2D eigenvalue weighted by Gasteiger charge is 2.43. The van der Waals surface area contributed by atoms with Crippen molar-refractivity contribution in [2.45, 2.75) is 58.6 Å². The van der Waals surface area contributed by atoms with Crippen LogP contribution in [0.2, 0.25) is 0 Å². The van der Waals surface area contributed by atoms with Crippen molar-refractivity contribution in [3.8, 4) is 22.4 Å². The second kappa shape index (κ2) is 12.1. The third-order valence-electron chi connectivity index (χ3n) is 8.41. The number of carbonyl (C=O) groups is 1. The van der Waals surface area contributed by atoms with Gasteiger partial charge < -0.3 is 15.4 Å². The molecule has 2 aromatic heterocycles. The molecule has 3 aliphatic carbocycles. The Morgan fingerprint density at radius 3 is 2.48 bits per heavy atom. The second-order valence-corrected chi connectivity index (χ2v) is 11.8. The van der Waals surface area contributed by atoms with E-state index in [9.17, 15) is 9.90 Å². The number of fused-ring (bicyclic) bond motifs is 5.